The smallest absolute Gasteiger partial charge is 0.407 e. The van der Waals surface area contributed by atoms with E-state index in [9.17, 15) is 4.79 Å². The lowest BCUT2D eigenvalue weighted by molar-refractivity contribution is 0.0526. The minimum atomic E-state index is -0.540. The van der Waals surface area contributed by atoms with Crippen molar-refractivity contribution in [2.24, 2.45) is 0 Å². The van der Waals surface area contributed by atoms with Crippen LogP contribution in [0.1, 0.15) is 26.3 Å². The van der Waals surface area contributed by atoms with Gasteiger partial charge >= 0.3 is 6.09 Å². The number of amides is 1. The van der Waals surface area contributed by atoms with Gasteiger partial charge in [0.1, 0.15) is 28.9 Å². The molecule has 0 aliphatic rings. The van der Waals surface area contributed by atoms with Gasteiger partial charge in [-0.3, -0.25) is 0 Å². The number of fused-ring (bicyclic) bond motifs is 1. The maximum Gasteiger partial charge on any atom is 0.407 e. The Bertz CT molecular complexity index is 1350. The minimum Gasteiger partial charge on any atom is -0.457 e. The Labute approximate surface area is 209 Å². The Morgan fingerprint density at radius 3 is 2.69 bits per heavy atom. The van der Waals surface area contributed by atoms with E-state index in [0.29, 0.717) is 29.7 Å². The highest BCUT2D eigenvalue weighted by Crippen LogP contribution is 2.30. The average Bonchev–Trinajstić information content (AvgIpc) is 3.19. The lowest BCUT2D eigenvalue weighted by atomic mass is 10.2. The molecule has 2 aromatic heterocycles. The van der Waals surface area contributed by atoms with Crippen LogP contribution >= 0.6 is 11.6 Å². The zero-order chi connectivity index (χ0) is 25.0. The first-order valence-electron chi connectivity index (χ1n) is 11.3. The first-order valence-corrected chi connectivity index (χ1v) is 11.6. The number of aryl methyl sites for hydroxylation is 1. The van der Waals surface area contributed by atoms with E-state index in [1.165, 1.54) is 6.33 Å². The number of nitrogens with one attached hydrogen (secondary N) is 2. The molecular weight excluding hydrogens is 466 g/mol. The van der Waals surface area contributed by atoms with Gasteiger partial charge < -0.3 is 24.7 Å². The van der Waals surface area contributed by atoms with Crippen LogP contribution in [0.4, 0.5) is 16.3 Å². The van der Waals surface area contributed by atoms with Crippen LogP contribution in [0.3, 0.4) is 0 Å². The third-order valence-corrected chi connectivity index (χ3v) is 5.27. The second-order valence-electron chi connectivity index (χ2n) is 9.06. The molecule has 9 heteroatoms. The van der Waals surface area contributed by atoms with E-state index in [4.69, 9.17) is 21.1 Å². The first kappa shape index (κ1) is 24.3. The van der Waals surface area contributed by atoms with Crippen LogP contribution < -0.4 is 15.4 Å². The number of carbonyl (C=O) groups is 1. The lowest BCUT2D eigenvalue weighted by Crippen LogP contribution is -2.34. The number of ether oxygens (including phenoxy) is 2. The van der Waals surface area contributed by atoms with Crippen LogP contribution in [0.5, 0.6) is 11.5 Å². The molecule has 0 atom stereocenters. The summed E-state index contributed by atoms with van der Waals surface area (Å²) in [6, 6.07) is 15.0. The summed E-state index contributed by atoms with van der Waals surface area (Å²) < 4.78 is 13.3. The fourth-order valence-corrected chi connectivity index (χ4v) is 3.72. The summed E-state index contributed by atoms with van der Waals surface area (Å²) >= 11 is 6.06. The molecular formula is C26H28ClN5O3. The Hall–Kier alpha value is -3.78. The molecule has 35 heavy (non-hydrogen) atoms. The molecule has 0 unspecified atom stereocenters. The van der Waals surface area contributed by atoms with Crippen molar-refractivity contribution in [2.45, 2.75) is 39.8 Å². The van der Waals surface area contributed by atoms with Gasteiger partial charge in [-0.1, -0.05) is 17.7 Å². The summed E-state index contributed by atoms with van der Waals surface area (Å²) in [5, 5.41) is 6.79. The molecule has 0 fully saturated rings. The Kier molecular flexibility index (Phi) is 7.12. The number of aromatic nitrogens is 3. The molecule has 1 amide bonds. The molecule has 0 bridgehead atoms. The van der Waals surface area contributed by atoms with Crippen LogP contribution in [0.25, 0.3) is 11.0 Å². The molecule has 0 aliphatic carbocycles. The fraction of sp³-hybridized carbons (Fsp3) is 0.269. The lowest BCUT2D eigenvalue weighted by Gasteiger charge is -2.19. The maximum atomic E-state index is 12.0. The molecule has 4 aromatic rings. The van der Waals surface area contributed by atoms with E-state index < -0.39 is 11.7 Å². The molecule has 8 nitrogen and oxygen atoms in total. The van der Waals surface area contributed by atoms with Crippen molar-refractivity contribution in [3.8, 4) is 11.5 Å². The van der Waals surface area contributed by atoms with Gasteiger partial charge in [0.05, 0.1) is 5.52 Å². The summed E-state index contributed by atoms with van der Waals surface area (Å²) in [6.07, 6.45) is 3.01. The molecule has 0 saturated heterocycles. The molecule has 4 rings (SSSR count). The zero-order valence-electron chi connectivity index (χ0n) is 20.1. The highest BCUT2D eigenvalue weighted by molar-refractivity contribution is 6.30. The molecule has 2 heterocycles. The minimum absolute atomic E-state index is 0.404. The van der Waals surface area contributed by atoms with Gasteiger partial charge in [0.15, 0.2) is 5.82 Å². The van der Waals surface area contributed by atoms with Crippen molar-refractivity contribution in [1.82, 2.24) is 19.9 Å². The van der Waals surface area contributed by atoms with Gasteiger partial charge in [-0.2, -0.15) is 0 Å². The normalized spacial score (nSPS) is 11.3. The number of alkyl carbamates (subject to hydrolysis) is 1. The topological polar surface area (TPSA) is 90.3 Å². The van der Waals surface area contributed by atoms with E-state index in [1.54, 1.807) is 12.1 Å². The number of benzene rings is 2. The number of halogens is 1. The van der Waals surface area contributed by atoms with Crippen LogP contribution in [-0.4, -0.2) is 32.8 Å². The molecule has 0 spiro atoms. The summed E-state index contributed by atoms with van der Waals surface area (Å²) in [5.74, 6) is 2.08. The van der Waals surface area contributed by atoms with Crippen LogP contribution in [0.15, 0.2) is 61.1 Å². The highest BCUT2D eigenvalue weighted by atomic mass is 35.5. The van der Waals surface area contributed by atoms with E-state index >= 15 is 0 Å². The highest BCUT2D eigenvalue weighted by Gasteiger charge is 2.16. The third kappa shape index (κ3) is 6.42. The molecule has 0 radical (unpaired) electrons. The molecule has 2 aromatic carbocycles. The van der Waals surface area contributed by atoms with Crippen LogP contribution in [0, 0.1) is 6.92 Å². The summed E-state index contributed by atoms with van der Waals surface area (Å²) in [4.78, 5) is 20.8. The van der Waals surface area contributed by atoms with Crippen molar-refractivity contribution in [2.75, 3.05) is 11.9 Å². The molecule has 2 N–H and O–H groups in total. The van der Waals surface area contributed by atoms with Crippen molar-refractivity contribution in [3.05, 3.63) is 71.6 Å². The fourth-order valence-electron chi connectivity index (χ4n) is 3.54. The number of rotatable bonds is 7. The van der Waals surface area contributed by atoms with Crippen molar-refractivity contribution >= 4 is 40.2 Å². The number of nitrogens with zero attached hydrogens (tertiary/aromatic N) is 3. The summed E-state index contributed by atoms with van der Waals surface area (Å²) in [6.45, 7) is 8.42. The van der Waals surface area contributed by atoms with E-state index in [-0.39, 0.29) is 0 Å². The Morgan fingerprint density at radius 1 is 1.11 bits per heavy atom. The van der Waals surface area contributed by atoms with Gasteiger partial charge in [-0.05, 0) is 75.7 Å². The molecule has 0 saturated carbocycles. The van der Waals surface area contributed by atoms with Gasteiger partial charge in [-0.25, -0.2) is 14.8 Å². The quantitative estimate of drug-likeness (QED) is 0.307. The number of carbonyl (C=O) groups excluding carboxylic acids is 1. The van der Waals surface area contributed by atoms with Crippen molar-refractivity contribution in [1.29, 1.82) is 0 Å². The van der Waals surface area contributed by atoms with E-state index in [1.807, 2.05) is 74.9 Å². The predicted octanol–water partition coefficient (Wildman–Crippen LogP) is 6.45. The largest absolute Gasteiger partial charge is 0.457 e. The third-order valence-electron chi connectivity index (χ3n) is 5.03. The number of anilines is 2. The summed E-state index contributed by atoms with van der Waals surface area (Å²) in [7, 11) is 0. The second kappa shape index (κ2) is 10.2. The first-order chi connectivity index (χ1) is 16.7. The van der Waals surface area contributed by atoms with Gasteiger partial charge in [-0.15, -0.1) is 0 Å². The number of hydrogen-bond acceptors (Lipinski definition) is 6. The SMILES string of the molecule is Cc1cc(Nc2ncnc3ccn(CCNC(=O)OC(C)(C)C)c23)ccc1Oc1cccc(Cl)c1. The van der Waals surface area contributed by atoms with Crippen LogP contribution in [-0.2, 0) is 11.3 Å². The monoisotopic (exact) mass is 493 g/mol. The predicted molar refractivity (Wildman–Crippen MR) is 138 cm³/mol. The van der Waals surface area contributed by atoms with Crippen molar-refractivity contribution in [3.63, 3.8) is 0 Å². The van der Waals surface area contributed by atoms with Crippen molar-refractivity contribution < 1.29 is 14.3 Å². The number of hydrogen-bond donors (Lipinski definition) is 2. The van der Waals surface area contributed by atoms with Crippen LogP contribution in [0.2, 0.25) is 5.02 Å². The molecule has 0 aliphatic heterocycles. The van der Waals surface area contributed by atoms with Gasteiger partial charge in [0.25, 0.3) is 0 Å². The average molecular weight is 494 g/mol. The summed E-state index contributed by atoms with van der Waals surface area (Å²) in [5.41, 5.74) is 2.92. The second-order valence-corrected chi connectivity index (χ2v) is 9.50. The Balaban J connectivity index is 1.48. The maximum absolute atomic E-state index is 12.0. The van der Waals surface area contributed by atoms with Gasteiger partial charge in [0, 0.05) is 30.0 Å². The zero-order valence-corrected chi connectivity index (χ0v) is 20.9. The van der Waals surface area contributed by atoms with E-state index in [0.717, 1.165) is 28.0 Å². The molecule has 182 valence electrons. The van der Waals surface area contributed by atoms with Gasteiger partial charge in [0.2, 0.25) is 0 Å². The Morgan fingerprint density at radius 2 is 1.94 bits per heavy atom. The standard InChI is InChI=1S/C26H28ClN5O3/c1-17-14-19(8-9-22(17)34-20-7-5-6-18(27)15-20)31-24-23-21(29-16-30-24)10-12-32(23)13-11-28-25(33)35-26(2,3)4/h5-10,12,14-16H,11,13H2,1-4H3,(H,28,33)(H,29,30,31). The van der Waals surface area contributed by atoms with E-state index in [2.05, 4.69) is 20.6 Å².